The van der Waals surface area contributed by atoms with Crippen LogP contribution in [0.2, 0.25) is 0 Å². The van der Waals surface area contributed by atoms with E-state index in [1.54, 1.807) is 16.9 Å². The van der Waals surface area contributed by atoms with Crippen LogP contribution in [0.15, 0.2) is 24.5 Å². The number of aromatic nitrogens is 4. The van der Waals surface area contributed by atoms with Crippen molar-refractivity contribution in [2.75, 3.05) is 5.73 Å². The fourth-order valence-electron chi connectivity index (χ4n) is 1.19. The van der Waals surface area contributed by atoms with Gasteiger partial charge in [-0.2, -0.15) is 5.10 Å². The maximum Gasteiger partial charge on any atom is 0.152 e. The third kappa shape index (κ3) is 1.87. The van der Waals surface area contributed by atoms with Crippen molar-refractivity contribution in [2.45, 2.75) is 13.5 Å². The molecule has 2 heterocycles. The molecule has 72 valence electrons. The fourth-order valence-corrected chi connectivity index (χ4v) is 1.19. The van der Waals surface area contributed by atoms with E-state index in [-0.39, 0.29) is 0 Å². The first-order valence-corrected chi connectivity index (χ1v) is 4.31. The van der Waals surface area contributed by atoms with E-state index in [0.717, 1.165) is 5.69 Å². The standard InChI is InChI=1S/C9H11N5/c1-7-3-5-14(13-7)6-9-11-4-2-8(10)12-9/h2-5H,6H2,1H3,(H2,10,11,12). The summed E-state index contributed by atoms with van der Waals surface area (Å²) in [6.07, 6.45) is 3.54. The first-order chi connectivity index (χ1) is 6.74. The van der Waals surface area contributed by atoms with E-state index in [0.29, 0.717) is 18.2 Å². The summed E-state index contributed by atoms with van der Waals surface area (Å²) < 4.78 is 1.78. The highest BCUT2D eigenvalue weighted by molar-refractivity contribution is 5.25. The minimum Gasteiger partial charge on any atom is -0.384 e. The molecule has 2 aromatic rings. The Labute approximate surface area is 81.6 Å². The zero-order valence-electron chi connectivity index (χ0n) is 7.88. The molecular formula is C9H11N5. The molecule has 0 radical (unpaired) electrons. The number of rotatable bonds is 2. The van der Waals surface area contributed by atoms with E-state index in [4.69, 9.17) is 5.73 Å². The lowest BCUT2D eigenvalue weighted by Gasteiger charge is -2.00. The van der Waals surface area contributed by atoms with E-state index in [2.05, 4.69) is 15.1 Å². The van der Waals surface area contributed by atoms with Gasteiger partial charge in [-0.25, -0.2) is 9.97 Å². The Morgan fingerprint density at radius 2 is 2.29 bits per heavy atom. The van der Waals surface area contributed by atoms with Crippen molar-refractivity contribution < 1.29 is 0 Å². The number of anilines is 1. The second-order valence-electron chi connectivity index (χ2n) is 3.05. The van der Waals surface area contributed by atoms with E-state index in [1.807, 2.05) is 19.2 Å². The van der Waals surface area contributed by atoms with Gasteiger partial charge in [0.05, 0.1) is 5.69 Å². The molecule has 0 aliphatic heterocycles. The number of nitrogens with zero attached hydrogens (tertiary/aromatic N) is 4. The minimum atomic E-state index is 0.485. The molecule has 2 aromatic heterocycles. The molecule has 0 fully saturated rings. The number of hydrogen-bond donors (Lipinski definition) is 1. The van der Waals surface area contributed by atoms with Crippen molar-refractivity contribution in [3.63, 3.8) is 0 Å². The molecule has 0 unspecified atom stereocenters. The van der Waals surface area contributed by atoms with Crippen LogP contribution in [0.1, 0.15) is 11.5 Å². The van der Waals surface area contributed by atoms with Crippen LogP contribution in [-0.2, 0) is 6.54 Å². The van der Waals surface area contributed by atoms with Crippen LogP contribution in [0.5, 0.6) is 0 Å². The molecule has 5 heteroatoms. The molecule has 0 atom stereocenters. The Hall–Kier alpha value is -1.91. The average molecular weight is 189 g/mol. The quantitative estimate of drug-likeness (QED) is 0.751. The molecule has 0 spiro atoms. The van der Waals surface area contributed by atoms with Crippen molar-refractivity contribution in [3.05, 3.63) is 36.0 Å². The Morgan fingerprint density at radius 1 is 1.43 bits per heavy atom. The van der Waals surface area contributed by atoms with E-state index in [1.165, 1.54) is 0 Å². The molecule has 5 nitrogen and oxygen atoms in total. The number of nitrogen functional groups attached to an aromatic ring is 1. The molecule has 0 aliphatic carbocycles. The zero-order chi connectivity index (χ0) is 9.97. The van der Waals surface area contributed by atoms with Gasteiger partial charge in [0.25, 0.3) is 0 Å². The van der Waals surface area contributed by atoms with Crippen LogP contribution < -0.4 is 5.73 Å². The van der Waals surface area contributed by atoms with Crippen molar-refractivity contribution in [3.8, 4) is 0 Å². The van der Waals surface area contributed by atoms with Crippen LogP contribution in [-0.4, -0.2) is 19.7 Å². The van der Waals surface area contributed by atoms with Gasteiger partial charge in [0, 0.05) is 12.4 Å². The first-order valence-electron chi connectivity index (χ1n) is 4.31. The summed E-state index contributed by atoms with van der Waals surface area (Å²) in [5, 5.41) is 4.23. The van der Waals surface area contributed by atoms with E-state index >= 15 is 0 Å². The highest BCUT2D eigenvalue weighted by atomic mass is 15.3. The highest BCUT2D eigenvalue weighted by Gasteiger charge is 1.99. The second-order valence-corrected chi connectivity index (χ2v) is 3.05. The van der Waals surface area contributed by atoms with Gasteiger partial charge in [-0.15, -0.1) is 0 Å². The van der Waals surface area contributed by atoms with Crippen LogP contribution in [0.25, 0.3) is 0 Å². The number of nitrogens with two attached hydrogens (primary N) is 1. The molecule has 2 rings (SSSR count). The second kappa shape index (κ2) is 3.45. The molecular weight excluding hydrogens is 178 g/mol. The molecule has 0 bridgehead atoms. The fraction of sp³-hybridized carbons (Fsp3) is 0.222. The summed E-state index contributed by atoms with van der Waals surface area (Å²) in [4.78, 5) is 8.18. The number of hydrogen-bond acceptors (Lipinski definition) is 4. The predicted molar refractivity (Wildman–Crippen MR) is 52.5 cm³/mol. The summed E-state index contributed by atoms with van der Waals surface area (Å²) in [7, 11) is 0. The van der Waals surface area contributed by atoms with Crippen LogP contribution >= 0.6 is 0 Å². The van der Waals surface area contributed by atoms with Gasteiger partial charge in [0.15, 0.2) is 5.82 Å². The number of aryl methyl sites for hydroxylation is 1. The molecule has 0 aliphatic rings. The topological polar surface area (TPSA) is 69.6 Å². The third-order valence-electron chi connectivity index (χ3n) is 1.80. The maximum atomic E-state index is 5.54. The molecule has 14 heavy (non-hydrogen) atoms. The first kappa shape index (κ1) is 8.68. The van der Waals surface area contributed by atoms with Gasteiger partial charge in [-0.05, 0) is 19.1 Å². The van der Waals surface area contributed by atoms with Gasteiger partial charge < -0.3 is 5.73 Å². The molecule has 0 saturated heterocycles. The lowest BCUT2D eigenvalue weighted by atomic mass is 10.5. The van der Waals surface area contributed by atoms with Crippen LogP contribution in [0, 0.1) is 6.92 Å². The van der Waals surface area contributed by atoms with Crippen molar-refractivity contribution in [1.29, 1.82) is 0 Å². The molecule has 2 N–H and O–H groups in total. The SMILES string of the molecule is Cc1ccn(Cc2nccc(N)n2)n1. The Kier molecular flexibility index (Phi) is 2.14. The summed E-state index contributed by atoms with van der Waals surface area (Å²) >= 11 is 0. The van der Waals surface area contributed by atoms with Crippen molar-refractivity contribution in [2.24, 2.45) is 0 Å². The third-order valence-corrected chi connectivity index (χ3v) is 1.80. The van der Waals surface area contributed by atoms with Crippen molar-refractivity contribution >= 4 is 5.82 Å². The summed E-state index contributed by atoms with van der Waals surface area (Å²) in [6.45, 7) is 2.50. The minimum absolute atomic E-state index is 0.485. The normalized spacial score (nSPS) is 10.4. The summed E-state index contributed by atoms with van der Waals surface area (Å²) in [5.74, 6) is 1.16. The molecule has 0 aromatic carbocycles. The van der Waals surface area contributed by atoms with Crippen molar-refractivity contribution in [1.82, 2.24) is 19.7 Å². The molecule has 0 amide bonds. The summed E-state index contributed by atoms with van der Waals surface area (Å²) in [6, 6.07) is 3.60. The Morgan fingerprint density at radius 3 is 2.93 bits per heavy atom. The smallest absolute Gasteiger partial charge is 0.152 e. The average Bonchev–Trinajstić information content (AvgIpc) is 2.51. The monoisotopic (exact) mass is 189 g/mol. The highest BCUT2D eigenvalue weighted by Crippen LogP contribution is 1.99. The molecule has 0 saturated carbocycles. The lowest BCUT2D eigenvalue weighted by Crippen LogP contribution is -2.06. The maximum absolute atomic E-state index is 5.54. The van der Waals surface area contributed by atoms with Crippen LogP contribution in [0.3, 0.4) is 0 Å². The van der Waals surface area contributed by atoms with Gasteiger partial charge in [-0.1, -0.05) is 0 Å². The van der Waals surface area contributed by atoms with Gasteiger partial charge in [0.1, 0.15) is 12.4 Å². The Bertz CT molecular complexity index is 434. The Balaban J connectivity index is 2.18. The largest absolute Gasteiger partial charge is 0.384 e. The van der Waals surface area contributed by atoms with Gasteiger partial charge >= 0.3 is 0 Å². The zero-order valence-corrected chi connectivity index (χ0v) is 7.88. The van der Waals surface area contributed by atoms with Gasteiger partial charge in [-0.3, -0.25) is 4.68 Å². The summed E-state index contributed by atoms with van der Waals surface area (Å²) in [5.41, 5.74) is 6.52. The van der Waals surface area contributed by atoms with Crippen LogP contribution in [0.4, 0.5) is 5.82 Å². The van der Waals surface area contributed by atoms with E-state index in [9.17, 15) is 0 Å². The van der Waals surface area contributed by atoms with Gasteiger partial charge in [0.2, 0.25) is 0 Å². The predicted octanol–water partition coefficient (Wildman–Crippen LogP) is 0.612. The lowest BCUT2D eigenvalue weighted by molar-refractivity contribution is 0.650. The van der Waals surface area contributed by atoms with E-state index < -0.39 is 0 Å².